The summed E-state index contributed by atoms with van der Waals surface area (Å²) in [5, 5.41) is 6.97. The fourth-order valence-electron chi connectivity index (χ4n) is 2.92. The molecule has 0 unspecified atom stereocenters. The Morgan fingerprint density at radius 1 is 1.17 bits per heavy atom. The van der Waals surface area contributed by atoms with Crippen LogP contribution < -0.4 is 5.32 Å². The predicted octanol–water partition coefficient (Wildman–Crippen LogP) is 5.55. The first-order chi connectivity index (χ1) is 14.3. The number of benzene rings is 2. The summed E-state index contributed by atoms with van der Waals surface area (Å²) in [6.07, 6.45) is -2.57. The largest absolute Gasteiger partial charge is 0.418 e. The molecule has 1 aliphatic carbocycles. The van der Waals surface area contributed by atoms with Gasteiger partial charge in [0.25, 0.3) is 0 Å². The molecule has 30 heavy (non-hydrogen) atoms. The topological polar surface area (TPSA) is 59.8 Å². The number of thioether (sulfide) groups is 1. The van der Waals surface area contributed by atoms with Gasteiger partial charge in [0, 0.05) is 5.92 Å². The predicted molar refractivity (Wildman–Crippen MR) is 109 cm³/mol. The van der Waals surface area contributed by atoms with Crippen molar-refractivity contribution in [3.8, 4) is 5.69 Å². The van der Waals surface area contributed by atoms with Gasteiger partial charge in [0.05, 0.1) is 27.7 Å². The zero-order valence-electron chi connectivity index (χ0n) is 15.5. The fraction of sp³-hybridized carbons (Fsp3) is 0.250. The molecule has 4 rings (SSSR count). The first-order valence-electron chi connectivity index (χ1n) is 9.13. The van der Waals surface area contributed by atoms with Crippen LogP contribution in [0, 0.1) is 0 Å². The van der Waals surface area contributed by atoms with Gasteiger partial charge in [-0.3, -0.25) is 4.79 Å². The number of hydrogen-bond acceptors (Lipinski definition) is 4. The maximum atomic E-state index is 13.2. The molecule has 10 heteroatoms. The van der Waals surface area contributed by atoms with Crippen LogP contribution in [0.3, 0.4) is 0 Å². The minimum Gasteiger partial charge on any atom is -0.324 e. The smallest absolute Gasteiger partial charge is 0.324 e. The van der Waals surface area contributed by atoms with Crippen molar-refractivity contribution in [3.63, 3.8) is 0 Å². The van der Waals surface area contributed by atoms with Crippen molar-refractivity contribution in [1.82, 2.24) is 14.8 Å². The van der Waals surface area contributed by atoms with Crippen LogP contribution in [0.15, 0.2) is 53.7 Å². The molecular weight excluding hydrogens is 437 g/mol. The molecule has 3 aromatic rings. The number of halogens is 4. The Morgan fingerprint density at radius 2 is 1.90 bits per heavy atom. The van der Waals surface area contributed by atoms with Gasteiger partial charge in [-0.15, -0.1) is 5.10 Å². The van der Waals surface area contributed by atoms with Gasteiger partial charge in [0.2, 0.25) is 11.1 Å². The Balaban J connectivity index is 1.48. The van der Waals surface area contributed by atoms with Gasteiger partial charge in [-0.25, -0.2) is 9.67 Å². The molecular formula is C20H16ClF3N4OS. The number of nitrogens with one attached hydrogen (secondary N) is 1. The van der Waals surface area contributed by atoms with E-state index in [1.807, 2.05) is 30.3 Å². The Hall–Kier alpha value is -2.52. The lowest BCUT2D eigenvalue weighted by atomic mass is 10.1. The summed E-state index contributed by atoms with van der Waals surface area (Å²) >= 11 is 6.94. The third-order valence-electron chi connectivity index (χ3n) is 4.47. The number of alkyl halides is 3. The van der Waals surface area contributed by atoms with E-state index in [2.05, 4.69) is 15.4 Å². The molecule has 1 N–H and O–H groups in total. The molecule has 1 amide bonds. The number of rotatable bonds is 6. The molecule has 0 aliphatic heterocycles. The maximum Gasteiger partial charge on any atom is 0.418 e. The van der Waals surface area contributed by atoms with Crippen LogP contribution in [0.2, 0.25) is 5.02 Å². The van der Waals surface area contributed by atoms with Gasteiger partial charge in [-0.05, 0) is 37.1 Å². The lowest BCUT2D eigenvalue weighted by Gasteiger charge is -2.14. The third-order valence-corrected chi connectivity index (χ3v) is 5.62. The van der Waals surface area contributed by atoms with E-state index in [4.69, 9.17) is 11.6 Å². The molecule has 1 heterocycles. The third kappa shape index (κ3) is 4.62. The van der Waals surface area contributed by atoms with Crippen molar-refractivity contribution in [2.24, 2.45) is 0 Å². The van der Waals surface area contributed by atoms with Crippen LogP contribution in [0.5, 0.6) is 0 Å². The lowest BCUT2D eigenvalue weighted by molar-refractivity contribution is -0.137. The summed E-state index contributed by atoms with van der Waals surface area (Å²) in [5.41, 5.74) is -0.566. The van der Waals surface area contributed by atoms with E-state index in [0.717, 1.165) is 42.2 Å². The van der Waals surface area contributed by atoms with Gasteiger partial charge >= 0.3 is 6.18 Å². The standard InChI is InChI=1S/C20H16ClF3N4OS/c21-15-8-4-7-14(20(22,23)24)17(15)25-16(29)11-30-19-26-18(12-9-10-12)28(27-19)13-5-2-1-3-6-13/h1-8,12H,9-11H2,(H,25,29). The molecule has 0 bridgehead atoms. The Kier molecular flexibility index (Phi) is 5.75. The highest BCUT2D eigenvalue weighted by Crippen LogP contribution is 2.41. The number of carbonyl (C=O) groups excluding carboxylic acids is 1. The van der Waals surface area contributed by atoms with Crippen LogP contribution in [-0.2, 0) is 11.0 Å². The summed E-state index contributed by atoms with van der Waals surface area (Å²) in [6.45, 7) is 0. The van der Waals surface area contributed by atoms with Gasteiger partial charge in [-0.1, -0.05) is 47.6 Å². The molecule has 0 spiro atoms. The molecule has 0 atom stereocenters. The number of hydrogen-bond donors (Lipinski definition) is 1. The van der Waals surface area contributed by atoms with Crippen LogP contribution in [0.1, 0.15) is 30.1 Å². The normalized spacial score (nSPS) is 14.0. The second-order valence-electron chi connectivity index (χ2n) is 6.77. The van der Waals surface area contributed by atoms with E-state index in [9.17, 15) is 18.0 Å². The van der Waals surface area contributed by atoms with Gasteiger partial charge in [-0.2, -0.15) is 13.2 Å². The van der Waals surface area contributed by atoms with Crippen molar-refractivity contribution in [1.29, 1.82) is 0 Å². The van der Waals surface area contributed by atoms with E-state index in [1.165, 1.54) is 12.1 Å². The van der Waals surface area contributed by atoms with Gasteiger partial charge < -0.3 is 5.32 Å². The summed E-state index contributed by atoms with van der Waals surface area (Å²) in [4.78, 5) is 16.8. The Bertz CT molecular complexity index is 1070. The second-order valence-corrected chi connectivity index (χ2v) is 8.12. The minimum atomic E-state index is -4.63. The highest BCUT2D eigenvalue weighted by atomic mass is 35.5. The summed E-state index contributed by atoms with van der Waals surface area (Å²) in [7, 11) is 0. The number of carbonyl (C=O) groups is 1. The minimum absolute atomic E-state index is 0.147. The number of anilines is 1. The zero-order chi connectivity index (χ0) is 21.3. The average molecular weight is 453 g/mol. The van der Waals surface area contributed by atoms with E-state index < -0.39 is 23.3 Å². The van der Waals surface area contributed by atoms with Crippen molar-refractivity contribution in [2.75, 3.05) is 11.1 Å². The quantitative estimate of drug-likeness (QED) is 0.498. The van der Waals surface area contributed by atoms with E-state index >= 15 is 0 Å². The number of amides is 1. The molecule has 1 fully saturated rings. The van der Waals surface area contributed by atoms with E-state index in [1.54, 1.807) is 4.68 Å². The molecule has 1 aromatic heterocycles. The zero-order valence-corrected chi connectivity index (χ0v) is 17.1. The molecule has 1 aliphatic rings. The number of para-hydroxylation sites is 2. The van der Waals surface area contributed by atoms with E-state index in [0.29, 0.717) is 11.1 Å². The highest BCUT2D eigenvalue weighted by molar-refractivity contribution is 7.99. The van der Waals surface area contributed by atoms with Crippen molar-refractivity contribution in [3.05, 3.63) is 64.9 Å². The summed E-state index contributed by atoms with van der Waals surface area (Å²) < 4.78 is 41.3. The van der Waals surface area contributed by atoms with Crippen molar-refractivity contribution in [2.45, 2.75) is 30.1 Å². The van der Waals surface area contributed by atoms with Crippen LogP contribution in [0.25, 0.3) is 5.69 Å². The summed E-state index contributed by atoms with van der Waals surface area (Å²) in [6, 6.07) is 12.9. The number of nitrogens with zero attached hydrogens (tertiary/aromatic N) is 3. The summed E-state index contributed by atoms with van der Waals surface area (Å²) in [5.74, 6) is 0.390. The highest BCUT2D eigenvalue weighted by Gasteiger charge is 2.35. The molecule has 0 saturated heterocycles. The monoisotopic (exact) mass is 452 g/mol. The molecule has 2 aromatic carbocycles. The maximum absolute atomic E-state index is 13.2. The molecule has 156 valence electrons. The fourth-order valence-corrected chi connectivity index (χ4v) is 3.78. The molecule has 1 saturated carbocycles. The molecule has 5 nitrogen and oxygen atoms in total. The SMILES string of the molecule is O=C(CSc1nc(C2CC2)n(-c2ccccc2)n1)Nc1c(Cl)cccc1C(F)(F)F. The number of aromatic nitrogens is 3. The first-order valence-corrected chi connectivity index (χ1v) is 10.5. The lowest BCUT2D eigenvalue weighted by Crippen LogP contribution is -2.18. The second kappa shape index (κ2) is 8.31. The van der Waals surface area contributed by atoms with Crippen LogP contribution in [0.4, 0.5) is 18.9 Å². The Labute approximate surface area is 179 Å². The van der Waals surface area contributed by atoms with Gasteiger partial charge in [0.1, 0.15) is 5.82 Å². The first kappa shape index (κ1) is 20.7. The van der Waals surface area contributed by atoms with Crippen molar-refractivity contribution < 1.29 is 18.0 Å². The van der Waals surface area contributed by atoms with Crippen LogP contribution in [-0.4, -0.2) is 26.4 Å². The van der Waals surface area contributed by atoms with Crippen LogP contribution >= 0.6 is 23.4 Å². The molecule has 0 radical (unpaired) electrons. The van der Waals surface area contributed by atoms with E-state index in [-0.39, 0.29) is 10.8 Å². The Morgan fingerprint density at radius 3 is 2.57 bits per heavy atom. The van der Waals surface area contributed by atoms with Crippen molar-refractivity contribution >= 4 is 35.0 Å². The van der Waals surface area contributed by atoms with Gasteiger partial charge in [0.15, 0.2) is 0 Å². The average Bonchev–Trinajstić information content (AvgIpc) is 3.47.